The van der Waals surface area contributed by atoms with Gasteiger partial charge in [-0.25, -0.2) is 0 Å². The van der Waals surface area contributed by atoms with E-state index in [2.05, 4.69) is 19.7 Å². The van der Waals surface area contributed by atoms with Crippen LogP contribution >= 0.6 is 44.1 Å². The first-order valence-corrected chi connectivity index (χ1v) is 14.5. The van der Waals surface area contributed by atoms with Crippen LogP contribution in [0.15, 0.2) is 4.74 Å². The van der Waals surface area contributed by atoms with Gasteiger partial charge in [-0.2, -0.15) is 11.0 Å². The minimum absolute atomic E-state index is 0.908. The van der Waals surface area contributed by atoms with Crippen molar-refractivity contribution in [3.05, 3.63) is 0 Å². The molecule has 0 amide bonds. The number of nitrogens with one attached hydrogen (secondary N) is 4. The molecule has 0 bridgehead atoms. The number of nitrogens with zero attached hydrogens (tertiary/aromatic N) is 1. The molecule has 0 aliphatic carbocycles. The lowest BCUT2D eigenvalue weighted by Crippen LogP contribution is -2.50. The Morgan fingerprint density at radius 2 is 2.06 bits per heavy atom. The monoisotopic (exact) mass is 347 g/mol. The summed E-state index contributed by atoms with van der Waals surface area (Å²) in [5.74, 6) is 2.27. The van der Waals surface area contributed by atoms with Crippen LogP contribution in [-0.4, -0.2) is 24.6 Å². The Balaban J connectivity index is 1.91. The fourth-order valence-electron chi connectivity index (χ4n) is 2.03. The van der Waals surface area contributed by atoms with Crippen LogP contribution in [0.5, 0.6) is 0 Å². The molecule has 2 unspecified atom stereocenters. The van der Waals surface area contributed by atoms with E-state index in [-0.39, 0.29) is 0 Å². The molecule has 2 saturated heterocycles. The minimum atomic E-state index is -2.27. The van der Waals surface area contributed by atoms with Crippen molar-refractivity contribution in [2.45, 2.75) is 12.8 Å². The zero-order valence-electron chi connectivity index (χ0n) is 10.0. The molecule has 3 aliphatic heterocycles. The first kappa shape index (κ1) is 14.5. The van der Waals surface area contributed by atoms with Crippen LogP contribution in [0.1, 0.15) is 12.8 Å². The van der Waals surface area contributed by atoms with Crippen LogP contribution < -0.4 is 30.7 Å². The van der Waals surface area contributed by atoms with Gasteiger partial charge in [0, 0.05) is 29.5 Å². The van der Waals surface area contributed by atoms with E-state index >= 15 is 0 Å². The number of rotatable bonds is 0. The van der Waals surface area contributed by atoms with E-state index in [0.29, 0.717) is 0 Å². The molecular formula is C6H20N7P3S2+2. The largest absolute Gasteiger partial charge is 0.337 e. The van der Waals surface area contributed by atoms with E-state index in [0.717, 1.165) is 31.0 Å². The highest BCUT2D eigenvalue weighted by Crippen LogP contribution is 2.80. The summed E-state index contributed by atoms with van der Waals surface area (Å²) in [6, 6.07) is 0. The fraction of sp³-hybridized carbons (Fsp3) is 1.00. The molecule has 2 fully saturated rings. The van der Waals surface area contributed by atoms with Crippen molar-refractivity contribution in [3.8, 4) is 0 Å². The summed E-state index contributed by atoms with van der Waals surface area (Å²) in [6.45, 7) is -1.57. The molecule has 3 heterocycles. The first-order valence-electron chi connectivity index (χ1n) is 5.89. The first-order chi connectivity index (χ1) is 8.54. The van der Waals surface area contributed by atoms with Crippen LogP contribution in [0.4, 0.5) is 0 Å². The molecule has 0 saturated carbocycles. The standard InChI is InChI=1S/C6H20N7P3S2/c7-14(8)11-15(9-3-1-5-17-15)13-16(12-14)10-4-2-6-18-16/h9,11-13H,1-8H2/q+2. The maximum absolute atomic E-state index is 6.24. The second-order valence-corrected chi connectivity index (χ2v) is 17.4. The quantitative estimate of drug-likeness (QED) is 0.368. The minimum Gasteiger partial charge on any atom is -0.260 e. The molecule has 0 aromatic heterocycles. The highest BCUT2D eigenvalue weighted by molar-refractivity contribution is 8.67. The van der Waals surface area contributed by atoms with Gasteiger partial charge in [-0.15, -0.1) is 5.09 Å². The lowest BCUT2D eigenvalue weighted by molar-refractivity contribution is 0.852. The molecule has 0 radical (unpaired) electrons. The third kappa shape index (κ3) is 3.07. The number of nitrogens with two attached hydrogens (primary N) is 2. The molecule has 2 spiro atoms. The van der Waals surface area contributed by atoms with Crippen LogP contribution in [0.25, 0.3) is 0 Å². The molecule has 3 rings (SSSR count). The maximum atomic E-state index is 6.24. The zero-order valence-corrected chi connectivity index (χ0v) is 14.3. The van der Waals surface area contributed by atoms with Gasteiger partial charge in [-0.3, -0.25) is 4.74 Å². The Kier molecular flexibility index (Phi) is 4.34. The predicted octanol–water partition coefficient (Wildman–Crippen LogP) is 1.85. The third-order valence-electron chi connectivity index (χ3n) is 2.70. The van der Waals surface area contributed by atoms with Gasteiger partial charge in [0.05, 0.1) is 11.4 Å². The molecule has 3 aliphatic rings. The molecule has 8 N–H and O–H groups in total. The summed E-state index contributed by atoms with van der Waals surface area (Å²) in [6.07, 6.45) is 2.34. The van der Waals surface area contributed by atoms with Crippen LogP contribution in [0.3, 0.4) is 0 Å². The molecule has 18 heavy (non-hydrogen) atoms. The van der Waals surface area contributed by atoms with Gasteiger partial charge >= 0.3 is 14.8 Å². The average Bonchev–Trinajstić information content (AvgIpc) is 2.27. The fourth-order valence-corrected chi connectivity index (χ4v) is 23.7. The van der Waals surface area contributed by atoms with E-state index < -0.39 is 21.3 Å². The van der Waals surface area contributed by atoms with E-state index in [4.69, 9.17) is 15.8 Å². The number of hydrogen-bond acceptors (Lipinski definition) is 9. The van der Waals surface area contributed by atoms with E-state index in [1.54, 1.807) is 0 Å². The molecule has 12 heteroatoms. The van der Waals surface area contributed by atoms with Gasteiger partial charge in [0.15, 0.2) is 0 Å². The van der Waals surface area contributed by atoms with Crippen molar-refractivity contribution < 1.29 is 0 Å². The highest BCUT2D eigenvalue weighted by Gasteiger charge is 2.62. The van der Waals surface area contributed by atoms with E-state index in [1.165, 1.54) is 6.42 Å². The summed E-state index contributed by atoms with van der Waals surface area (Å²) in [5.41, 5.74) is 12.5. The van der Waals surface area contributed by atoms with Crippen molar-refractivity contribution in [2.75, 3.05) is 24.6 Å². The molecule has 0 aromatic rings. The van der Waals surface area contributed by atoms with Crippen molar-refractivity contribution in [3.63, 3.8) is 0 Å². The molecular weight excluding hydrogens is 327 g/mol. The summed E-state index contributed by atoms with van der Waals surface area (Å²) >= 11 is 3.80. The third-order valence-corrected chi connectivity index (χ3v) is 19.8. The van der Waals surface area contributed by atoms with Crippen LogP contribution in [-0.2, 0) is 0 Å². The summed E-state index contributed by atoms with van der Waals surface area (Å²) < 4.78 is 4.82. The Morgan fingerprint density at radius 3 is 2.72 bits per heavy atom. The molecule has 0 aromatic carbocycles. The van der Waals surface area contributed by atoms with Gasteiger partial charge in [-0.1, -0.05) is 21.1 Å². The Bertz CT molecular complexity index is 385. The van der Waals surface area contributed by atoms with Crippen LogP contribution in [0.2, 0.25) is 0 Å². The Morgan fingerprint density at radius 1 is 1.17 bits per heavy atom. The topological polar surface area (TPSA) is 113 Å². The lowest BCUT2D eigenvalue weighted by atomic mass is 10.5. The normalized spacial score (nSPS) is 43.9. The van der Waals surface area contributed by atoms with Gasteiger partial charge in [0.25, 0.3) is 0 Å². The zero-order chi connectivity index (χ0) is 12.7. The van der Waals surface area contributed by atoms with Crippen LogP contribution in [0, 0.1) is 0 Å². The Labute approximate surface area is 117 Å². The summed E-state index contributed by atoms with van der Waals surface area (Å²) in [5, 5.41) is 3.60. The number of hydrogen-bond donors (Lipinski definition) is 6. The van der Waals surface area contributed by atoms with Gasteiger partial charge in [0.2, 0.25) is 6.56 Å². The highest BCUT2D eigenvalue weighted by atomic mass is 32.8. The Hall–Kier alpha value is 1.55. The molecule has 2 atom stereocenters. The van der Waals surface area contributed by atoms with Gasteiger partial charge in [-0.05, 0) is 12.8 Å². The second kappa shape index (κ2) is 5.39. The average molecular weight is 347 g/mol. The van der Waals surface area contributed by atoms with Crippen molar-refractivity contribution in [1.82, 2.24) is 19.7 Å². The lowest BCUT2D eigenvalue weighted by Gasteiger charge is -2.40. The van der Waals surface area contributed by atoms with E-state index in [1.807, 2.05) is 22.8 Å². The summed E-state index contributed by atoms with van der Waals surface area (Å²) in [4.78, 5) is 10.6. The molecule has 104 valence electrons. The second-order valence-electron chi connectivity index (χ2n) is 4.41. The maximum Gasteiger partial charge on any atom is 0.337 e. The smallest absolute Gasteiger partial charge is 0.260 e. The van der Waals surface area contributed by atoms with Gasteiger partial charge in [0.1, 0.15) is 0 Å². The summed E-state index contributed by atoms with van der Waals surface area (Å²) in [7, 11) is -2.27. The SMILES string of the molecule is N[P+]1(N)NP2(=NCCCS2)N[P+]2(NCCCS2)N1. The van der Waals surface area contributed by atoms with Gasteiger partial charge < -0.3 is 0 Å². The van der Waals surface area contributed by atoms with Crippen molar-refractivity contribution in [1.29, 1.82) is 0 Å². The van der Waals surface area contributed by atoms with Crippen molar-refractivity contribution in [2.24, 2.45) is 15.8 Å². The van der Waals surface area contributed by atoms with Crippen molar-refractivity contribution >= 4 is 44.1 Å². The molecule has 7 nitrogen and oxygen atoms in total. The van der Waals surface area contributed by atoms with E-state index in [9.17, 15) is 0 Å². The predicted molar refractivity (Wildman–Crippen MR) is 88.0 cm³/mol.